The maximum Gasteiger partial charge on any atom is 0.324 e. The van der Waals surface area contributed by atoms with Gasteiger partial charge >= 0.3 is 6.03 Å². The monoisotopic (exact) mass is 291 g/mol. The van der Waals surface area contributed by atoms with Gasteiger partial charge in [-0.2, -0.15) is 0 Å². The highest BCUT2D eigenvalue weighted by atomic mass is 16.5. The maximum absolute atomic E-state index is 12.3. The zero-order chi connectivity index (χ0) is 15.2. The topological polar surface area (TPSA) is 58.8 Å². The molecule has 2 amide bonds. The third-order valence-corrected chi connectivity index (χ3v) is 3.64. The Hall–Kier alpha value is -1.75. The number of benzene rings is 1. The van der Waals surface area contributed by atoms with E-state index in [2.05, 4.69) is 13.8 Å². The van der Waals surface area contributed by atoms with E-state index in [1.807, 2.05) is 29.2 Å². The lowest BCUT2D eigenvalue weighted by Crippen LogP contribution is -2.34. The van der Waals surface area contributed by atoms with Crippen LogP contribution < -0.4 is 10.6 Å². The van der Waals surface area contributed by atoms with Gasteiger partial charge in [0.05, 0.1) is 6.61 Å². The molecule has 1 heterocycles. The number of nitrogens with two attached hydrogens (primary N) is 1. The second-order valence-corrected chi connectivity index (χ2v) is 5.81. The van der Waals surface area contributed by atoms with Crippen molar-refractivity contribution in [3.63, 3.8) is 0 Å². The van der Waals surface area contributed by atoms with E-state index in [-0.39, 0.29) is 6.03 Å². The number of hydrogen-bond acceptors (Lipinski definition) is 3. The molecule has 0 saturated carbocycles. The van der Waals surface area contributed by atoms with Crippen molar-refractivity contribution in [3.05, 3.63) is 24.3 Å². The minimum absolute atomic E-state index is 0.0484. The van der Waals surface area contributed by atoms with Crippen molar-refractivity contribution in [2.75, 3.05) is 43.5 Å². The molecule has 0 unspecified atom stereocenters. The van der Waals surface area contributed by atoms with Crippen LogP contribution in [0.3, 0.4) is 0 Å². The van der Waals surface area contributed by atoms with Gasteiger partial charge in [-0.05, 0) is 36.6 Å². The number of nitrogens with zero attached hydrogens (tertiary/aromatic N) is 2. The summed E-state index contributed by atoms with van der Waals surface area (Å²) in [6.07, 6.45) is 1.06. The van der Waals surface area contributed by atoms with E-state index < -0.39 is 0 Å². The smallest absolute Gasteiger partial charge is 0.324 e. The van der Waals surface area contributed by atoms with E-state index in [0.29, 0.717) is 24.8 Å². The average Bonchev–Trinajstić information content (AvgIpc) is 2.81. The molecule has 1 aliphatic heterocycles. The maximum atomic E-state index is 12.3. The molecular weight excluding hydrogens is 266 g/mol. The van der Waals surface area contributed by atoms with Crippen molar-refractivity contribution >= 4 is 17.4 Å². The lowest BCUT2D eigenvalue weighted by Gasteiger charge is -2.19. The van der Waals surface area contributed by atoms with E-state index in [1.165, 1.54) is 0 Å². The van der Waals surface area contributed by atoms with E-state index in [4.69, 9.17) is 10.5 Å². The number of urea groups is 1. The van der Waals surface area contributed by atoms with Crippen LogP contribution in [0.2, 0.25) is 0 Å². The van der Waals surface area contributed by atoms with E-state index in [9.17, 15) is 4.79 Å². The summed E-state index contributed by atoms with van der Waals surface area (Å²) in [6, 6.07) is 7.46. The largest absolute Gasteiger partial charge is 0.399 e. The molecule has 0 atom stereocenters. The number of hydrogen-bond donors (Lipinski definition) is 1. The van der Waals surface area contributed by atoms with Gasteiger partial charge in [0.2, 0.25) is 0 Å². The van der Waals surface area contributed by atoms with Crippen LogP contribution in [0, 0.1) is 5.92 Å². The number of nitrogen functional groups attached to an aromatic ring is 1. The third-order valence-electron chi connectivity index (χ3n) is 3.64. The quantitative estimate of drug-likeness (QED) is 0.620. The highest BCUT2D eigenvalue weighted by Gasteiger charge is 2.28. The number of amides is 2. The Bertz CT molecular complexity index is 459. The molecule has 116 valence electrons. The SMILES string of the molecule is CC(C)CCOCCN1CCN(c2ccc(N)cc2)C1=O. The molecule has 21 heavy (non-hydrogen) atoms. The van der Waals surface area contributed by atoms with Gasteiger partial charge in [0.1, 0.15) is 0 Å². The Morgan fingerprint density at radius 2 is 1.90 bits per heavy atom. The van der Waals surface area contributed by atoms with Gasteiger partial charge in [0.25, 0.3) is 0 Å². The number of anilines is 2. The summed E-state index contributed by atoms with van der Waals surface area (Å²) in [7, 11) is 0. The van der Waals surface area contributed by atoms with Crippen LogP contribution in [0.4, 0.5) is 16.2 Å². The Labute approximate surface area is 126 Å². The van der Waals surface area contributed by atoms with Crippen molar-refractivity contribution in [2.45, 2.75) is 20.3 Å². The summed E-state index contributed by atoms with van der Waals surface area (Å²) in [6.45, 7) is 7.85. The van der Waals surface area contributed by atoms with Gasteiger partial charge in [-0.1, -0.05) is 13.8 Å². The van der Waals surface area contributed by atoms with E-state index in [1.54, 1.807) is 4.90 Å². The summed E-state index contributed by atoms with van der Waals surface area (Å²) >= 11 is 0. The van der Waals surface area contributed by atoms with Gasteiger partial charge < -0.3 is 15.4 Å². The standard InChI is InChI=1S/C16H25N3O2/c1-13(2)7-11-21-12-10-18-8-9-19(16(18)20)15-5-3-14(17)4-6-15/h3-6,13H,7-12,17H2,1-2H3. The summed E-state index contributed by atoms with van der Waals surface area (Å²) in [5, 5.41) is 0. The molecule has 1 aliphatic rings. The molecule has 0 radical (unpaired) electrons. The minimum Gasteiger partial charge on any atom is -0.399 e. The van der Waals surface area contributed by atoms with Crippen molar-refractivity contribution in [1.82, 2.24) is 4.90 Å². The first-order chi connectivity index (χ1) is 10.1. The molecule has 2 N–H and O–H groups in total. The molecule has 0 spiro atoms. The van der Waals surface area contributed by atoms with Crippen molar-refractivity contribution in [2.24, 2.45) is 5.92 Å². The first-order valence-corrected chi connectivity index (χ1v) is 7.57. The normalized spacial score (nSPS) is 15.3. The average molecular weight is 291 g/mol. The summed E-state index contributed by atoms with van der Waals surface area (Å²) in [4.78, 5) is 16.0. The van der Waals surface area contributed by atoms with Crippen LogP contribution >= 0.6 is 0 Å². The number of ether oxygens (including phenoxy) is 1. The second-order valence-electron chi connectivity index (χ2n) is 5.81. The number of rotatable bonds is 7. The third kappa shape index (κ3) is 4.36. The fourth-order valence-electron chi connectivity index (χ4n) is 2.28. The molecule has 0 aliphatic carbocycles. The summed E-state index contributed by atoms with van der Waals surface area (Å²) in [5.41, 5.74) is 7.28. The minimum atomic E-state index is 0.0484. The van der Waals surface area contributed by atoms with Crippen molar-refractivity contribution < 1.29 is 9.53 Å². The first kappa shape index (κ1) is 15.6. The molecule has 1 aromatic carbocycles. The fourth-order valence-corrected chi connectivity index (χ4v) is 2.28. The zero-order valence-electron chi connectivity index (χ0n) is 12.9. The van der Waals surface area contributed by atoms with Crippen LogP contribution in [0.5, 0.6) is 0 Å². The molecule has 0 aromatic heterocycles. The first-order valence-electron chi connectivity index (χ1n) is 7.57. The molecule has 1 aromatic rings. The molecule has 0 bridgehead atoms. The van der Waals surface area contributed by atoms with Gasteiger partial charge in [-0.15, -0.1) is 0 Å². The molecule has 5 heteroatoms. The second kappa shape index (κ2) is 7.31. The van der Waals surface area contributed by atoms with Crippen molar-refractivity contribution in [1.29, 1.82) is 0 Å². The van der Waals surface area contributed by atoms with Gasteiger partial charge in [-0.25, -0.2) is 4.79 Å². The molecule has 1 fully saturated rings. The molecule has 5 nitrogen and oxygen atoms in total. The molecular formula is C16H25N3O2. The highest BCUT2D eigenvalue weighted by molar-refractivity contribution is 5.94. The predicted molar refractivity (Wildman–Crippen MR) is 85.4 cm³/mol. The fraction of sp³-hybridized carbons (Fsp3) is 0.562. The van der Waals surface area contributed by atoms with Gasteiger partial charge in [-0.3, -0.25) is 4.90 Å². The summed E-state index contributed by atoms with van der Waals surface area (Å²) < 4.78 is 5.58. The Morgan fingerprint density at radius 3 is 2.57 bits per heavy atom. The van der Waals surface area contributed by atoms with Crippen LogP contribution in [0.15, 0.2) is 24.3 Å². The predicted octanol–water partition coefficient (Wildman–Crippen LogP) is 2.57. The number of carbonyl (C=O) groups excluding carboxylic acids is 1. The Balaban J connectivity index is 1.77. The van der Waals surface area contributed by atoms with Crippen LogP contribution in [-0.2, 0) is 4.74 Å². The van der Waals surface area contributed by atoms with Gasteiger partial charge in [0, 0.05) is 37.6 Å². The lowest BCUT2D eigenvalue weighted by molar-refractivity contribution is 0.107. The van der Waals surface area contributed by atoms with E-state index in [0.717, 1.165) is 31.8 Å². The van der Waals surface area contributed by atoms with Gasteiger partial charge in [0.15, 0.2) is 0 Å². The Morgan fingerprint density at radius 1 is 1.19 bits per heavy atom. The highest BCUT2D eigenvalue weighted by Crippen LogP contribution is 2.21. The molecule has 2 rings (SSSR count). The van der Waals surface area contributed by atoms with Crippen LogP contribution in [-0.4, -0.2) is 43.8 Å². The van der Waals surface area contributed by atoms with Crippen molar-refractivity contribution in [3.8, 4) is 0 Å². The number of carbonyl (C=O) groups is 1. The molecule has 1 saturated heterocycles. The van der Waals surface area contributed by atoms with Crippen LogP contribution in [0.1, 0.15) is 20.3 Å². The van der Waals surface area contributed by atoms with E-state index >= 15 is 0 Å². The zero-order valence-corrected chi connectivity index (χ0v) is 12.9. The summed E-state index contributed by atoms with van der Waals surface area (Å²) in [5.74, 6) is 0.652. The van der Waals surface area contributed by atoms with Crippen LogP contribution in [0.25, 0.3) is 0 Å². The Kier molecular flexibility index (Phi) is 5.44. The lowest BCUT2D eigenvalue weighted by atomic mass is 10.1.